The molecule has 0 unspecified atom stereocenters. The predicted molar refractivity (Wildman–Crippen MR) is 135 cm³/mol. The van der Waals surface area contributed by atoms with E-state index in [1.165, 1.54) is 47.6 Å². The molecule has 0 aliphatic carbocycles. The number of ketones is 1. The number of benzene rings is 2. The molecule has 196 valence electrons. The maximum Gasteiger partial charge on any atom is 0.243 e. The lowest BCUT2D eigenvalue weighted by Crippen LogP contribution is -2.40. The van der Waals surface area contributed by atoms with Crippen LogP contribution in [0.15, 0.2) is 58.6 Å². The zero-order chi connectivity index (χ0) is 26.4. The van der Waals surface area contributed by atoms with Crippen LogP contribution in [0.1, 0.15) is 23.1 Å². The molecule has 0 spiro atoms. The Morgan fingerprint density at radius 1 is 1.05 bits per heavy atom. The molecule has 1 saturated heterocycles. The largest absolute Gasteiger partial charge is 0.379 e. The Hall–Kier alpha value is -3.13. The molecule has 13 heteroatoms. The summed E-state index contributed by atoms with van der Waals surface area (Å²) in [6, 6.07) is 11.7. The monoisotopic (exact) mass is 547 g/mol. The lowest BCUT2D eigenvalue weighted by Gasteiger charge is -2.26. The van der Waals surface area contributed by atoms with Crippen LogP contribution in [0.2, 0.25) is 0 Å². The molecule has 1 aromatic heterocycles. The lowest BCUT2D eigenvalue weighted by atomic mass is 10.1. The van der Waals surface area contributed by atoms with Gasteiger partial charge < -0.3 is 10.1 Å². The van der Waals surface area contributed by atoms with Gasteiger partial charge in [0.15, 0.2) is 10.9 Å². The average Bonchev–Trinajstić information content (AvgIpc) is 3.30. The van der Waals surface area contributed by atoms with Gasteiger partial charge >= 0.3 is 0 Å². The first-order valence-corrected chi connectivity index (χ1v) is 14.0. The number of amides is 1. The molecule has 10 nitrogen and oxygen atoms in total. The Bertz CT molecular complexity index is 1360. The number of carbonyl (C=O) groups is 2. The molecule has 2 heterocycles. The van der Waals surface area contributed by atoms with Gasteiger partial charge in [-0.25, -0.2) is 12.8 Å². The van der Waals surface area contributed by atoms with Crippen molar-refractivity contribution in [2.24, 2.45) is 0 Å². The summed E-state index contributed by atoms with van der Waals surface area (Å²) >= 11 is 1.16. The van der Waals surface area contributed by atoms with E-state index in [1.54, 1.807) is 16.7 Å². The Balaban J connectivity index is 1.47. The third-order valence-electron chi connectivity index (χ3n) is 5.62. The number of morpholine rings is 1. The van der Waals surface area contributed by atoms with Gasteiger partial charge in [0, 0.05) is 44.2 Å². The minimum atomic E-state index is -3.65. The molecule has 4 rings (SSSR count). The van der Waals surface area contributed by atoms with E-state index in [2.05, 4.69) is 15.5 Å². The van der Waals surface area contributed by atoms with Crippen LogP contribution in [0, 0.1) is 5.82 Å². The molecule has 2 aromatic carbocycles. The second kappa shape index (κ2) is 11.9. The molecular weight excluding hydrogens is 521 g/mol. The molecule has 3 aromatic rings. The number of Topliss-reactive ketones (excluding diaryl/α,β-unsaturated/α-hetero) is 1. The van der Waals surface area contributed by atoms with Crippen LogP contribution in [-0.2, 0) is 26.0 Å². The van der Waals surface area contributed by atoms with E-state index in [0.717, 1.165) is 11.8 Å². The van der Waals surface area contributed by atoms with E-state index in [9.17, 15) is 22.4 Å². The molecule has 1 fully saturated rings. The first-order valence-electron chi connectivity index (χ1n) is 11.5. The summed E-state index contributed by atoms with van der Waals surface area (Å²) in [5.41, 5.74) is 0.990. The van der Waals surface area contributed by atoms with Crippen molar-refractivity contribution >= 4 is 33.5 Å². The van der Waals surface area contributed by atoms with Crippen molar-refractivity contribution in [2.45, 2.75) is 23.4 Å². The number of hydrogen-bond acceptors (Lipinski definition) is 8. The van der Waals surface area contributed by atoms with Crippen molar-refractivity contribution in [1.29, 1.82) is 0 Å². The molecular formula is C24H26FN5O5S2. The van der Waals surface area contributed by atoms with E-state index in [-0.39, 0.29) is 28.2 Å². The average molecular weight is 548 g/mol. The molecule has 0 radical (unpaired) electrons. The van der Waals surface area contributed by atoms with Crippen molar-refractivity contribution in [2.75, 3.05) is 38.6 Å². The fourth-order valence-electron chi connectivity index (χ4n) is 3.72. The Labute approximate surface area is 218 Å². The number of nitrogens with one attached hydrogen (secondary N) is 1. The van der Waals surface area contributed by atoms with Gasteiger partial charge in [0.1, 0.15) is 11.6 Å². The molecule has 1 aliphatic rings. The molecule has 0 bridgehead atoms. The van der Waals surface area contributed by atoms with E-state index >= 15 is 0 Å². The quantitative estimate of drug-likeness (QED) is 0.302. The molecule has 37 heavy (non-hydrogen) atoms. The number of hydrogen-bond donors (Lipinski definition) is 1. The van der Waals surface area contributed by atoms with Crippen LogP contribution in [0.5, 0.6) is 0 Å². The highest BCUT2D eigenvalue weighted by atomic mass is 32.2. The van der Waals surface area contributed by atoms with Crippen molar-refractivity contribution in [3.8, 4) is 5.69 Å². The van der Waals surface area contributed by atoms with E-state index in [0.29, 0.717) is 61.5 Å². The van der Waals surface area contributed by atoms with E-state index < -0.39 is 10.0 Å². The second-order valence-corrected chi connectivity index (χ2v) is 11.1. The summed E-state index contributed by atoms with van der Waals surface area (Å²) in [5, 5.41) is 11.5. The molecule has 0 atom stereocenters. The summed E-state index contributed by atoms with van der Waals surface area (Å²) < 4.78 is 47.4. The molecule has 1 aliphatic heterocycles. The minimum Gasteiger partial charge on any atom is -0.379 e. The first kappa shape index (κ1) is 26.9. The number of thioether (sulfide) groups is 1. The summed E-state index contributed by atoms with van der Waals surface area (Å²) in [5.74, 6) is -0.195. The van der Waals surface area contributed by atoms with Crippen LogP contribution in [0.25, 0.3) is 5.69 Å². The van der Waals surface area contributed by atoms with Crippen LogP contribution in [0.3, 0.4) is 0 Å². The number of nitrogens with zero attached hydrogens (tertiary/aromatic N) is 4. The summed E-state index contributed by atoms with van der Waals surface area (Å²) in [4.78, 5) is 24.2. The van der Waals surface area contributed by atoms with Crippen LogP contribution >= 0.6 is 11.8 Å². The van der Waals surface area contributed by atoms with Crippen molar-refractivity contribution in [3.63, 3.8) is 0 Å². The Morgan fingerprint density at radius 3 is 2.38 bits per heavy atom. The highest BCUT2D eigenvalue weighted by Crippen LogP contribution is 2.24. The lowest BCUT2D eigenvalue weighted by molar-refractivity contribution is -0.118. The fraction of sp³-hybridized carbons (Fsp3) is 0.333. The Kier molecular flexibility index (Phi) is 8.69. The first-order chi connectivity index (χ1) is 17.8. The van der Waals surface area contributed by atoms with Crippen molar-refractivity contribution in [1.82, 2.24) is 24.4 Å². The third-order valence-corrected chi connectivity index (χ3v) is 8.47. The second-order valence-electron chi connectivity index (χ2n) is 8.20. The van der Waals surface area contributed by atoms with E-state index in [1.807, 2.05) is 0 Å². The number of ether oxygens (including phenoxy) is 1. The number of sulfonamides is 1. The van der Waals surface area contributed by atoms with Gasteiger partial charge in [-0.1, -0.05) is 23.9 Å². The normalized spacial score (nSPS) is 14.4. The fourth-order valence-corrected chi connectivity index (χ4v) is 5.99. The zero-order valence-corrected chi connectivity index (χ0v) is 21.7. The van der Waals surface area contributed by atoms with Gasteiger partial charge in [-0.2, -0.15) is 4.31 Å². The zero-order valence-electron chi connectivity index (χ0n) is 20.1. The summed E-state index contributed by atoms with van der Waals surface area (Å²) in [6.45, 7) is 3.05. The van der Waals surface area contributed by atoms with Crippen LogP contribution < -0.4 is 5.32 Å². The van der Waals surface area contributed by atoms with Crippen LogP contribution in [0.4, 0.5) is 4.39 Å². The highest BCUT2D eigenvalue weighted by molar-refractivity contribution is 7.99. The van der Waals surface area contributed by atoms with E-state index in [4.69, 9.17) is 4.74 Å². The van der Waals surface area contributed by atoms with Gasteiger partial charge in [0.25, 0.3) is 0 Å². The number of carbonyl (C=O) groups excluding carboxylic acids is 2. The summed E-state index contributed by atoms with van der Waals surface area (Å²) in [6.07, 6.45) is 0.386. The topological polar surface area (TPSA) is 123 Å². The van der Waals surface area contributed by atoms with Crippen LogP contribution in [-0.4, -0.2) is 77.8 Å². The van der Waals surface area contributed by atoms with Gasteiger partial charge in [-0.05, 0) is 36.4 Å². The maximum absolute atomic E-state index is 13.5. The maximum atomic E-state index is 13.5. The smallest absolute Gasteiger partial charge is 0.243 e. The standard InChI is InChI=1S/C24H26FN5O5S2/c1-17(31)26-11-10-23-27-28-24(30(23)20-6-4-19(25)5-7-20)36-16-22(32)18-2-8-21(9-3-18)37(33,34)29-12-14-35-15-13-29/h2-9H,10-16H2,1H3,(H,26,31). The van der Waals surface area contributed by atoms with Crippen molar-refractivity contribution in [3.05, 3.63) is 65.7 Å². The molecule has 0 saturated carbocycles. The summed E-state index contributed by atoms with van der Waals surface area (Å²) in [7, 11) is -3.65. The van der Waals surface area contributed by atoms with Gasteiger partial charge in [0.2, 0.25) is 15.9 Å². The van der Waals surface area contributed by atoms with Crippen molar-refractivity contribution < 1.29 is 27.1 Å². The minimum absolute atomic E-state index is 0.0284. The third kappa shape index (κ3) is 6.60. The molecule has 1 amide bonds. The van der Waals surface area contributed by atoms with Gasteiger partial charge in [-0.15, -0.1) is 10.2 Å². The number of aromatic nitrogens is 3. The number of halogens is 1. The number of rotatable bonds is 10. The Morgan fingerprint density at radius 2 is 1.73 bits per heavy atom. The van der Waals surface area contributed by atoms with Gasteiger partial charge in [-0.3, -0.25) is 14.2 Å². The predicted octanol–water partition coefficient (Wildman–Crippen LogP) is 2.08. The van der Waals surface area contributed by atoms with Gasteiger partial charge in [0.05, 0.1) is 23.9 Å². The highest BCUT2D eigenvalue weighted by Gasteiger charge is 2.26. The molecule has 1 N–H and O–H groups in total. The SMILES string of the molecule is CC(=O)NCCc1nnc(SCC(=O)c2ccc(S(=O)(=O)N3CCOCC3)cc2)n1-c1ccc(F)cc1.